The van der Waals surface area contributed by atoms with Crippen molar-refractivity contribution < 1.29 is 27.6 Å². The molecule has 0 aliphatic carbocycles. The zero-order valence-corrected chi connectivity index (χ0v) is 6.84. The average molecular weight is 209 g/mol. The van der Waals surface area contributed by atoms with Crippen molar-refractivity contribution in [1.29, 1.82) is 0 Å². The van der Waals surface area contributed by atoms with Crippen LogP contribution in [0.5, 0.6) is 0 Å². The number of halogens is 3. The molecule has 0 bridgehead atoms. The Hall–Kier alpha value is -1.53. The number of aromatic nitrogens is 1. The molecule has 7 heteroatoms. The lowest BCUT2D eigenvalue weighted by atomic mass is 10.2. The Morgan fingerprint density at radius 3 is 2.64 bits per heavy atom. The van der Waals surface area contributed by atoms with Crippen LogP contribution < -0.4 is 0 Å². The first-order valence-corrected chi connectivity index (χ1v) is 3.64. The highest BCUT2D eigenvalue weighted by Gasteiger charge is 2.35. The molecular formula is C7H6F3NO3. The summed E-state index contributed by atoms with van der Waals surface area (Å²) in [6.07, 6.45) is -4.92. The van der Waals surface area contributed by atoms with E-state index < -0.39 is 17.9 Å². The van der Waals surface area contributed by atoms with Gasteiger partial charge in [0.2, 0.25) is 5.76 Å². The van der Waals surface area contributed by atoms with Gasteiger partial charge in [-0.05, 0) is 0 Å². The quantitative estimate of drug-likeness (QED) is 0.822. The molecule has 1 heterocycles. The summed E-state index contributed by atoms with van der Waals surface area (Å²) >= 11 is 0. The molecule has 0 aliphatic heterocycles. The minimum absolute atomic E-state index is 0.0141. The van der Waals surface area contributed by atoms with Gasteiger partial charge in [-0.3, -0.25) is 4.79 Å². The molecule has 1 aromatic rings. The zero-order chi connectivity index (χ0) is 10.8. The normalized spacial score (nSPS) is 11.6. The molecule has 0 radical (unpaired) electrons. The standard InChI is InChI=1S/C7H6F3NO3/c8-7(9,10)5-3-4(11-14-5)1-2-6(12)13/h3H,1-2H2,(H,12,13). The Labute approximate surface area is 76.3 Å². The Morgan fingerprint density at radius 1 is 1.57 bits per heavy atom. The largest absolute Gasteiger partial charge is 0.481 e. The van der Waals surface area contributed by atoms with Crippen molar-refractivity contribution >= 4 is 5.97 Å². The van der Waals surface area contributed by atoms with E-state index in [9.17, 15) is 18.0 Å². The molecule has 0 aliphatic rings. The lowest BCUT2D eigenvalue weighted by Crippen LogP contribution is -2.02. The van der Waals surface area contributed by atoms with E-state index in [0.29, 0.717) is 6.07 Å². The van der Waals surface area contributed by atoms with E-state index >= 15 is 0 Å². The Morgan fingerprint density at radius 2 is 2.21 bits per heavy atom. The molecule has 1 aromatic heterocycles. The lowest BCUT2D eigenvalue weighted by molar-refractivity contribution is -0.155. The Kier molecular flexibility index (Phi) is 2.78. The van der Waals surface area contributed by atoms with Crippen molar-refractivity contribution in [3.63, 3.8) is 0 Å². The van der Waals surface area contributed by atoms with Gasteiger partial charge in [0.05, 0.1) is 12.1 Å². The van der Waals surface area contributed by atoms with Gasteiger partial charge in [-0.25, -0.2) is 0 Å². The second-order valence-corrected chi connectivity index (χ2v) is 2.57. The van der Waals surface area contributed by atoms with Crippen molar-refractivity contribution in [3.8, 4) is 0 Å². The fourth-order valence-corrected chi connectivity index (χ4v) is 0.798. The number of alkyl halides is 3. The molecule has 1 N–H and O–H groups in total. The van der Waals surface area contributed by atoms with Crippen LogP contribution in [-0.4, -0.2) is 16.2 Å². The van der Waals surface area contributed by atoms with Crippen LogP contribution in [0, 0.1) is 0 Å². The summed E-state index contributed by atoms with van der Waals surface area (Å²) in [7, 11) is 0. The summed E-state index contributed by atoms with van der Waals surface area (Å²) in [6.45, 7) is 0. The first kappa shape index (κ1) is 10.6. The molecule has 78 valence electrons. The smallest absolute Gasteiger partial charge is 0.452 e. The minimum Gasteiger partial charge on any atom is -0.481 e. The van der Waals surface area contributed by atoms with Crippen LogP contribution in [0.15, 0.2) is 10.6 Å². The van der Waals surface area contributed by atoms with Crippen LogP contribution in [0.4, 0.5) is 13.2 Å². The van der Waals surface area contributed by atoms with Crippen LogP contribution in [0.1, 0.15) is 17.9 Å². The molecule has 0 atom stereocenters. The fraction of sp³-hybridized carbons (Fsp3) is 0.429. The Balaban J connectivity index is 2.64. The third-order valence-electron chi connectivity index (χ3n) is 1.43. The maximum absolute atomic E-state index is 11.9. The predicted octanol–water partition coefficient (Wildman–Crippen LogP) is 1.71. The van der Waals surface area contributed by atoms with Crippen molar-refractivity contribution in [2.24, 2.45) is 0 Å². The van der Waals surface area contributed by atoms with Crippen molar-refractivity contribution in [2.45, 2.75) is 19.0 Å². The van der Waals surface area contributed by atoms with Crippen molar-refractivity contribution in [3.05, 3.63) is 17.5 Å². The maximum Gasteiger partial charge on any atom is 0.452 e. The molecule has 1 rings (SSSR count). The number of nitrogens with zero attached hydrogens (tertiary/aromatic N) is 1. The summed E-state index contributed by atoms with van der Waals surface area (Å²) in [6, 6.07) is 0.697. The highest BCUT2D eigenvalue weighted by molar-refractivity contribution is 5.66. The van der Waals surface area contributed by atoms with E-state index in [0.717, 1.165) is 0 Å². The van der Waals surface area contributed by atoms with Gasteiger partial charge in [0.1, 0.15) is 0 Å². The predicted molar refractivity (Wildman–Crippen MR) is 37.5 cm³/mol. The van der Waals surface area contributed by atoms with Gasteiger partial charge >= 0.3 is 12.1 Å². The molecule has 0 unspecified atom stereocenters. The van der Waals surface area contributed by atoms with E-state index in [1.165, 1.54) is 0 Å². The first-order chi connectivity index (χ1) is 6.39. The lowest BCUT2D eigenvalue weighted by Gasteiger charge is -1.97. The summed E-state index contributed by atoms with van der Waals surface area (Å²) in [5.74, 6) is -2.31. The number of aliphatic carboxylic acids is 1. The fourth-order valence-electron chi connectivity index (χ4n) is 0.798. The van der Waals surface area contributed by atoms with Gasteiger partial charge in [-0.1, -0.05) is 5.16 Å². The SMILES string of the molecule is O=C(O)CCc1cc(C(F)(F)F)on1. The molecule has 0 saturated heterocycles. The maximum atomic E-state index is 11.9. The number of hydrogen-bond donors (Lipinski definition) is 1. The van der Waals surface area contributed by atoms with Crippen LogP contribution in [0.25, 0.3) is 0 Å². The number of carbonyl (C=O) groups is 1. The minimum atomic E-state index is -4.57. The van der Waals surface area contributed by atoms with E-state index in [1.807, 2.05) is 0 Å². The van der Waals surface area contributed by atoms with E-state index in [4.69, 9.17) is 5.11 Å². The van der Waals surface area contributed by atoms with Gasteiger partial charge < -0.3 is 9.63 Å². The summed E-state index contributed by atoms with van der Waals surface area (Å²) in [5.41, 5.74) is -0.0141. The van der Waals surface area contributed by atoms with E-state index in [-0.39, 0.29) is 18.5 Å². The first-order valence-electron chi connectivity index (χ1n) is 3.64. The molecule has 0 saturated carbocycles. The molecular weight excluding hydrogens is 203 g/mol. The second-order valence-electron chi connectivity index (χ2n) is 2.57. The number of rotatable bonds is 3. The molecule has 0 spiro atoms. The number of carboxylic acid groups (broad SMARTS) is 1. The zero-order valence-electron chi connectivity index (χ0n) is 6.84. The molecule has 14 heavy (non-hydrogen) atoms. The summed E-state index contributed by atoms with van der Waals surface area (Å²) < 4.78 is 39.8. The molecule has 4 nitrogen and oxygen atoms in total. The van der Waals surface area contributed by atoms with Gasteiger partial charge in [0, 0.05) is 12.5 Å². The van der Waals surface area contributed by atoms with Crippen molar-refractivity contribution in [2.75, 3.05) is 0 Å². The van der Waals surface area contributed by atoms with E-state index in [2.05, 4.69) is 9.68 Å². The van der Waals surface area contributed by atoms with Gasteiger partial charge in [-0.2, -0.15) is 13.2 Å². The van der Waals surface area contributed by atoms with E-state index in [1.54, 1.807) is 0 Å². The number of hydrogen-bond acceptors (Lipinski definition) is 3. The Bertz CT molecular complexity index is 331. The van der Waals surface area contributed by atoms with Gasteiger partial charge in [0.15, 0.2) is 0 Å². The molecule has 0 aromatic carbocycles. The topological polar surface area (TPSA) is 63.3 Å². The number of aryl methyl sites for hydroxylation is 1. The highest BCUT2D eigenvalue weighted by Crippen LogP contribution is 2.29. The summed E-state index contributed by atoms with van der Waals surface area (Å²) in [4.78, 5) is 10.1. The third-order valence-corrected chi connectivity index (χ3v) is 1.43. The van der Waals surface area contributed by atoms with Crippen LogP contribution in [-0.2, 0) is 17.4 Å². The average Bonchev–Trinajstić information content (AvgIpc) is 2.47. The van der Waals surface area contributed by atoms with Gasteiger partial charge in [0.25, 0.3) is 0 Å². The van der Waals surface area contributed by atoms with Crippen molar-refractivity contribution in [1.82, 2.24) is 5.16 Å². The number of carboxylic acids is 1. The molecule has 0 amide bonds. The third kappa shape index (κ3) is 2.75. The second kappa shape index (κ2) is 3.69. The van der Waals surface area contributed by atoms with Crippen LogP contribution in [0.2, 0.25) is 0 Å². The summed E-state index contributed by atoms with van der Waals surface area (Å²) in [5, 5.41) is 11.4. The monoisotopic (exact) mass is 209 g/mol. The molecule has 0 fully saturated rings. The van der Waals surface area contributed by atoms with Crippen LogP contribution in [0.3, 0.4) is 0 Å². The highest BCUT2D eigenvalue weighted by atomic mass is 19.4. The van der Waals surface area contributed by atoms with Gasteiger partial charge in [-0.15, -0.1) is 0 Å². The van der Waals surface area contributed by atoms with Crippen LogP contribution >= 0.6 is 0 Å².